The van der Waals surface area contributed by atoms with Crippen molar-refractivity contribution >= 4 is 11.9 Å². The number of halogens is 3. The van der Waals surface area contributed by atoms with Gasteiger partial charge in [-0.3, -0.25) is 9.79 Å². The third kappa shape index (κ3) is 5.91. The number of furan rings is 1. The topological polar surface area (TPSA) is 70.3 Å². The zero-order chi connectivity index (χ0) is 21.6. The Labute approximate surface area is 172 Å². The van der Waals surface area contributed by atoms with E-state index in [-0.39, 0.29) is 11.7 Å². The summed E-state index contributed by atoms with van der Waals surface area (Å²) in [5.74, 6) is 0.687. The van der Waals surface area contributed by atoms with Gasteiger partial charge < -0.3 is 24.3 Å². The molecule has 1 saturated heterocycles. The molecule has 0 atom stereocenters. The summed E-state index contributed by atoms with van der Waals surface area (Å²) < 4.78 is 45.7. The number of benzene rings is 1. The molecule has 0 spiro atoms. The van der Waals surface area contributed by atoms with Crippen LogP contribution in [0.25, 0.3) is 0 Å². The lowest BCUT2D eigenvalue weighted by atomic mass is 10.1. The molecule has 0 saturated carbocycles. The summed E-state index contributed by atoms with van der Waals surface area (Å²) in [4.78, 5) is 20.4. The lowest BCUT2D eigenvalue weighted by molar-refractivity contribution is -0.274. The quantitative estimate of drug-likeness (QED) is 0.591. The number of ether oxygens (including phenoxy) is 1. The van der Waals surface area contributed by atoms with Crippen LogP contribution in [0.5, 0.6) is 5.75 Å². The Morgan fingerprint density at radius 1 is 1.13 bits per heavy atom. The number of rotatable bonds is 5. The summed E-state index contributed by atoms with van der Waals surface area (Å²) in [6, 6.07) is 9.14. The van der Waals surface area contributed by atoms with E-state index in [2.05, 4.69) is 19.9 Å². The van der Waals surface area contributed by atoms with E-state index in [1.54, 1.807) is 36.2 Å². The number of hydrogen-bond donors (Lipinski definition) is 1. The number of guanidine groups is 1. The van der Waals surface area contributed by atoms with Crippen molar-refractivity contribution in [2.45, 2.75) is 12.8 Å². The number of piperazine rings is 1. The van der Waals surface area contributed by atoms with Gasteiger partial charge in [0.15, 0.2) is 11.7 Å². The molecule has 0 unspecified atom stereocenters. The fourth-order valence-electron chi connectivity index (χ4n) is 3.19. The molecule has 2 aromatic rings. The molecule has 10 heteroatoms. The zero-order valence-corrected chi connectivity index (χ0v) is 16.5. The van der Waals surface area contributed by atoms with Crippen LogP contribution >= 0.6 is 0 Å². The first-order valence-corrected chi connectivity index (χ1v) is 9.49. The highest BCUT2D eigenvalue weighted by Gasteiger charge is 2.31. The molecule has 3 rings (SSSR count). The van der Waals surface area contributed by atoms with E-state index >= 15 is 0 Å². The van der Waals surface area contributed by atoms with Crippen molar-refractivity contribution in [2.24, 2.45) is 4.99 Å². The first-order valence-electron chi connectivity index (χ1n) is 9.49. The number of nitrogens with zero attached hydrogens (tertiary/aromatic N) is 3. The minimum atomic E-state index is -4.69. The van der Waals surface area contributed by atoms with Gasteiger partial charge in [0.25, 0.3) is 5.91 Å². The van der Waals surface area contributed by atoms with Crippen LogP contribution < -0.4 is 10.1 Å². The highest BCUT2D eigenvalue weighted by Crippen LogP contribution is 2.22. The molecule has 1 amide bonds. The van der Waals surface area contributed by atoms with Crippen LogP contribution in [0.3, 0.4) is 0 Å². The van der Waals surface area contributed by atoms with E-state index < -0.39 is 6.36 Å². The van der Waals surface area contributed by atoms with Gasteiger partial charge in [0.05, 0.1) is 6.26 Å². The molecule has 0 bridgehead atoms. The van der Waals surface area contributed by atoms with Crippen LogP contribution in [0, 0.1) is 0 Å². The maximum Gasteiger partial charge on any atom is 0.573 e. The van der Waals surface area contributed by atoms with Crippen LogP contribution in [0.15, 0.2) is 52.1 Å². The summed E-state index contributed by atoms with van der Waals surface area (Å²) >= 11 is 0. The Hall–Kier alpha value is -3.17. The Bertz CT molecular complexity index is 843. The van der Waals surface area contributed by atoms with Crippen LogP contribution in [0.4, 0.5) is 13.2 Å². The highest BCUT2D eigenvalue weighted by atomic mass is 19.4. The summed E-state index contributed by atoms with van der Waals surface area (Å²) in [7, 11) is 1.69. The van der Waals surface area contributed by atoms with Crippen molar-refractivity contribution < 1.29 is 27.1 Å². The lowest BCUT2D eigenvalue weighted by Crippen LogP contribution is -2.53. The third-order valence-corrected chi connectivity index (χ3v) is 4.66. The van der Waals surface area contributed by atoms with Crippen LogP contribution in [-0.4, -0.2) is 67.8 Å². The molecule has 7 nitrogen and oxygen atoms in total. The number of alkyl halides is 3. The first-order chi connectivity index (χ1) is 14.4. The number of hydrogen-bond acceptors (Lipinski definition) is 4. The molecule has 1 aromatic heterocycles. The predicted molar refractivity (Wildman–Crippen MR) is 104 cm³/mol. The normalized spacial score (nSPS) is 15.3. The van der Waals surface area contributed by atoms with Gasteiger partial charge in [0.2, 0.25) is 0 Å². The molecule has 1 N–H and O–H groups in total. The van der Waals surface area contributed by atoms with Crippen LogP contribution in [-0.2, 0) is 6.42 Å². The van der Waals surface area contributed by atoms with Crippen molar-refractivity contribution in [3.8, 4) is 5.75 Å². The molecule has 0 aliphatic carbocycles. The second-order valence-corrected chi connectivity index (χ2v) is 6.67. The number of carbonyl (C=O) groups excluding carboxylic acids is 1. The molecule has 2 heterocycles. The van der Waals surface area contributed by atoms with E-state index in [0.717, 1.165) is 11.5 Å². The standard InChI is InChI=1S/C20H23F3N4O3/c1-24-19(25-9-8-15-4-6-16(7-5-15)30-20(21,22)23)27-12-10-26(11-13-27)18(28)17-3-2-14-29-17/h2-7,14H,8-13H2,1H3,(H,24,25). The van der Waals surface area contributed by atoms with Gasteiger partial charge in [-0.2, -0.15) is 0 Å². The average Bonchev–Trinajstić information content (AvgIpc) is 3.26. The molecule has 0 radical (unpaired) electrons. The molecule has 1 aliphatic heterocycles. The Kier molecular flexibility index (Phi) is 6.86. The summed E-state index contributed by atoms with van der Waals surface area (Å²) in [6.07, 6.45) is -2.60. The van der Waals surface area contributed by atoms with E-state index in [4.69, 9.17) is 4.42 Å². The molecule has 1 fully saturated rings. The van der Waals surface area contributed by atoms with Crippen molar-refractivity contribution in [3.63, 3.8) is 0 Å². The van der Waals surface area contributed by atoms with Gasteiger partial charge in [-0.25, -0.2) is 0 Å². The van der Waals surface area contributed by atoms with Gasteiger partial charge in [-0.05, 0) is 36.2 Å². The first kappa shape index (κ1) is 21.5. The van der Waals surface area contributed by atoms with Crippen LogP contribution in [0.1, 0.15) is 16.1 Å². The van der Waals surface area contributed by atoms with E-state index in [1.165, 1.54) is 18.4 Å². The summed E-state index contributed by atoms with van der Waals surface area (Å²) in [5, 5.41) is 3.25. The highest BCUT2D eigenvalue weighted by molar-refractivity contribution is 5.91. The van der Waals surface area contributed by atoms with E-state index in [9.17, 15) is 18.0 Å². The molecular weight excluding hydrogens is 401 g/mol. The van der Waals surface area contributed by atoms with Crippen LogP contribution in [0.2, 0.25) is 0 Å². The Morgan fingerprint density at radius 2 is 1.80 bits per heavy atom. The SMILES string of the molecule is CN=C(NCCc1ccc(OC(F)(F)F)cc1)N1CCN(C(=O)c2ccco2)CC1. The monoisotopic (exact) mass is 424 g/mol. The van der Waals surface area contributed by atoms with Gasteiger partial charge in [0.1, 0.15) is 5.75 Å². The zero-order valence-electron chi connectivity index (χ0n) is 16.5. The molecular formula is C20H23F3N4O3. The second-order valence-electron chi connectivity index (χ2n) is 6.67. The fourth-order valence-corrected chi connectivity index (χ4v) is 3.19. The van der Waals surface area contributed by atoms with Gasteiger partial charge in [0, 0.05) is 39.8 Å². The summed E-state index contributed by atoms with van der Waals surface area (Å²) in [5.41, 5.74) is 0.876. The number of aliphatic imine (C=N–C) groups is 1. The molecule has 1 aliphatic rings. The van der Waals surface area contributed by atoms with Gasteiger partial charge in [-0.15, -0.1) is 13.2 Å². The molecule has 30 heavy (non-hydrogen) atoms. The summed E-state index contributed by atoms with van der Waals surface area (Å²) in [6.45, 7) is 2.95. The number of amides is 1. The van der Waals surface area contributed by atoms with E-state index in [1.807, 2.05) is 0 Å². The number of nitrogens with one attached hydrogen (secondary N) is 1. The Morgan fingerprint density at radius 3 is 2.37 bits per heavy atom. The van der Waals surface area contributed by atoms with Gasteiger partial charge in [-0.1, -0.05) is 12.1 Å². The predicted octanol–water partition coefficient (Wildman–Crippen LogP) is 2.75. The Balaban J connectivity index is 1.43. The minimum Gasteiger partial charge on any atom is -0.459 e. The molecule has 162 valence electrons. The maximum atomic E-state index is 12.3. The number of carbonyl (C=O) groups is 1. The van der Waals surface area contributed by atoms with Gasteiger partial charge >= 0.3 is 6.36 Å². The largest absolute Gasteiger partial charge is 0.573 e. The minimum absolute atomic E-state index is 0.124. The maximum absolute atomic E-state index is 12.3. The lowest BCUT2D eigenvalue weighted by Gasteiger charge is -2.36. The second kappa shape index (κ2) is 9.55. The van der Waals surface area contributed by atoms with Crippen molar-refractivity contribution in [1.29, 1.82) is 0 Å². The molecule has 1 aromatic carbocycles. The smallest absolute Gasteiger partial charge is 0.459 e. The fraction of sp³-hybridized carbons (Fsp3) is 0.400. The van der Waals surface area contributed by atoms with E-state index in [0.29, 0.717) is 44.9 Å². The van der Waals surface area contributed by atoms with Crippen molar-refractivity contribution in [1.82, 2.24) is 15.1 Å². The average molecular weight is 424 g/mol. The van der Waals surface area contributed by atoms with Crippen molar-refractivity contribution in [2.75, 3.05) is 39.8 Å². The third-order valence-electron chi connectivity index (χ3n) is 4.66. The van der Waals surface area contributed by atoms with Crippen molar-refractivity contribution in [3.05, 3.63) is 54.0 Å².